The van der Waals surface area contributed by atoms with E-state index >= 15 is 0 Å². The summed E-state index contributed by atoms with van der Waals surface area (Å²) in [6, 6.07) is 11.6. The molecule has 0 bridgehead atoms. The van der Waals surface area contributed by atoms with Gasteiger partial charge in [0.05, 0.1) is 0 Å². The van der Waals surface area contributed by atoms with E-state index in [9.17, 15) is 9.59 Å². The van der Waals surface area contributed by atoms with E-state index in [1.165, 1.54) is 7.05 Å². The van der Waals surface area contributed by atoms with Gasteiger partial charge in [0.25, 0.3) is 5.91 Å². The number of urea groups is 1. The summed E-state index contributed by atoms with van der Waals surface area (Å²) < 4.78 is 0. The number of benzene rings is 1. The summed E-state index contributed by atoms with van der Waals surface area (Å²) in [6.07, 6.45) is 1.56. The van der Waals surface area contributed by atoms with Crippen LogP contribution in [0.3, 0.4) is 0 Å². The SMILES string of the molecule is CNC(=O)Nc1ccc(NC(=O)c2ccccn2)cc1. The Morgan fingerprint density at radius 2 is 1.60 bits per heavy atom. The van der Waals surface area contributed by atoms with Crippen LogP contribution >= 0.6 is 0 Å². The monoisotopic (exact) mass is 270 g/mol. The van der Waals surface area contributed by atoms with Crippen molar-refractivity contribution < 1.29 is 9.59 Å². The van der Waals surface area contributed by atoms with Crippen LogP contribution in [-0.4, -0.2) is 24.0 Å². The van der Waals surface area contributed by atoms with Crippen molar-refractivity contribution >= 4 is 23.3 Å². The predicted octanol–water partition coefficient (Wildman–Crippen LogP) is 2.09. The number of hydrogen-bond donors (Lipinski definition) is 3. The van der Waals surface area contributed by atoms with Crippen LogP contribution in [0.2, 0.25) is 0 Å². The first-order chi connectivity index (χ1) is 9.69. The second-order valence-electron chi connectivity index (χ2n) is 3.95. The molecule has 1 aromatic carbocycles. The summed E-state index contributed by atoms with van der Waals surface area (Å²) in [5.74, 6) is -0.280. The number of hydrogen-bond acceptors (Lipinski definition) is 3. The molecule has 102 valence electrons. The largest absolute Gasteiger partial charge is 0.341 e. The van der Waals surface area contributed by atoms with Crippen LogP contribution in [0.25, 0.3) is 0 Å². The Kier molecular flexibility index (Phi) is 4.28. The Bertz CT molecular complexity index is 596. The number of anilines is 2. The zero-order valence-electron chi connectivity index (χ0n) is 10.9. The van der Waals surface area contributed by atoms with Crippen molar-refractivity contribution in [3.05, 3.63) is 54.4 Å². The van der Waals surface area contributed by atoms with Crippen LogP contribution in [-0.2, 0) is 0 Å². The number of aromatic nitrogens is 1. The fourth-order valence-corrected chi connectivity index (χ4v) is 1.52. The molecule has 0 saturated heterocycles. The number of pyridine rings is 1. The number of nitrogens with zero attached hydrogens (tertiary/aromatic N) is 1. The first-order valence-electron chi connectivity index (χ1n) is 6.00. The second-order valence-corrected chi connectivity index (χ2v) is 3.95. The molecular weight excluding hydrogens is 256 g/mol. The first kappa shape index (κ1) is 13.5. The fraction of sp³-hybridized carbons (Fsp3) is 0.0714. The lowest BCUT2D eigenvalue weighted by Crippen LogP contribution is -2.24. The van der Waals surface area contributed by atoms with Crippen molar-refractivity contribution in [3.8, 4) is 0 Å². The van der Waals surface area contributed by atoms with Gasteiger partial charge in [-0.2, -0.15) is 0 Å². The summed E-state index contributed by atoms with van der Waals surface area (Å²) >= 11 is 0. The standard InChI is InChI=1S/C14H14N4O2/c1-15-14(20)18-11-7-5-10(6-8-11)17-13(19)12-4-2-3-9-16-12/h2-9H,1H3,(H,17,19)(H2,15,18,20). The molecule has 2 rings (SSSR count). The molecule has 0 fully saturated rings. The minimum atomic E-state index is -0.296. The highest BCUT2D eigenvalue weighted by Crippen LogP contribution is 2.14. The average Bonchev–Trinajstić information content (AvgIpc) is 2.50. The lowest BCUT2D eigenvalue weighted by Gasteiger charge is -2.07. The highest BCUT2D eigenvalue weighted by Gasteiger charge is 2.06. The first-order valence-corrected chi connectivity index (χ1v) is 6.00. The number of carbonyl (C=O) groups is 2. The third-order valence-corrected chi connectivity index (χ3v) is 2.53. The van der Waals surface area contributed by atoms with Gasteiger partial charge >= 0.3 is 6.03 Å². The molecule has 3 amide bonds. The Morgan fingerprint density at radius 1 is 0.950 bits per heavy atom. The summed E-state index contributed by atoms with van der Waals surface area (Å²) in [7, 11) is 1.54. The minimum absolute atomic E-state index is 0.280. The van der Waals surface area contributed by atoms with Gasteiger partial charge in [-0.3, -0.25) is 9.78 Å². The summed E-state index contributed by atoms with van der Waals surface area (Å²) in [5.41, 5.74) is 1.61. The number of rotatable bonds is 3. The molecular formula is C14H14N4O2. The second kappa shape index (κ2) is 6.33. The van der Waals surface area contributed by atoms with Crippen LogP contribution in [0.5, 0.6) is 0 Å². The zero-order chi connectivity index (χ0) is 14.4. The topological polar surface area (TPSA) is 83.1 Å². The van der Waals surface area contributed by atoms with E-state index < -0.39 is 0 Å². The summed E-state index contributed by atoms with van der Waals surface area (Å²) in [6.45, 7) is 0. The van der Waals surface area contributed by atoms with Crippen LogP contribution in [0.15, 0.2) is 48.7 Å². The van der Waals surface area contributed by atoms with E-state index in [-0.39, 0.29) is 11.9 Å². The normalized spacial score (nSPS) is 9.65. The van der Waals surface area contributed by atoms with Crippen molar-refractivity contribution in [2.75, 3.05) is 17.7 Å². The molecule has 3 N–H and O–H groups in total. The van der Waals surface area contributed by atoms with E-state index in [1.54, 1.807) is 48.7 Å². The lowest BCUT2D eigenvalue weighted by molar-refractivity contribution is 0.102. The Morgan fingerprint density at radius 3 is 2.15 bits per heavy atom. The third kappa shape index (κ3) is 3.55. The number of amides is 3. The van der Waals surface area contributed by atoms with E-state index in [1.807, 2.05) is 0 Å². The molecule has 0 atom stereocenters. The third-order valence-electron chi connectivity index (χ3n) is 2.53. The number of nitrogens with one attached hydrogen (secondary N) is 3. The van der Waals surface area contributed by atoms with Gasteiger partial charge in [0.2, 0.25) is 0 Å². The molecule has 6 nitrogen and oxygen atoms in total. The lowest BCUT2D eigenvalue weighted by atomic mass is 10.2. The van der Waals surface area contributed by atoms with Crippen molar-refractivity contribution in [3.63, 3.8) is 0 Å². The van der Waals surface area contributed by atoms with Gasteiger partial charge in [0.15, 0.2) is 0 Å². The molecule has 20 heavy (non-hydrogen) atoms. The van der Waals surface area contributed by atoms with Gasteiger partial charge in [-0.25, -0.2) is 4.79 Å². The fourth-order valence-electron chi connectivity index (χ4n) is 1.52. The average molecular weight is 270 g/mol. The summed E-state index contributed by atoms with van der Waals surface area (Å²) in [4.78, 5) is 27.0. The molecule has 0 unspecified atom stereocenters. The van der Waals surface area contributed by atoms with Crippen molar-refractivity contribution in [1.82, 2.24) is 10.3 Å². The van der Waals surface area contributed by atoms with Crippen molar-refractivity contribution in [2.24, 2.45) is 0 Å². The van der Waals surface area contributed by atoms with Gasteiger partial charge < -0.3 is 16.0 Å². The van der Waals surface area contributed by atoms with E-state index in [0.717, 1.165) is 0 Å². The minimum Gasteiger partial charge on any atom is -0.341 e. The molecule has 0 radical (unpaired) electrons. The predicted molar refractivity (Wildman–Crippen MR) is 76.7 cm³/mol. The molecule has 0 aliphatic heterocycles. The van der Waals surface area contributed by atoms with E-state index in [4.69, 9.17) is 0 Å². The van der Waals surface area contributed by atoms with E-state index in [2.05, 4.69) is 20.9 Å². The van der Waals surface area contributed by atoms with Gasteiger partial charge in [0, 0.05) is 24.6 Å². The van der Waals surface area contributed by atoms with Crippen LogP contribution in [0, 0.1) is 0 Å². The quantitative estimate of drug-likeness (QED) is 0.798. The maximum absolute atomic E-state index is 11.9. The Hall–Kier alpha value is -2.89. The van der Waals surface area contributed by atoms with E-state index in [0.29, 0.717) is 17.1 Å². The smallest absolute Gasteiger partial charge is 0.318 e. The summed E-state index contributed by atoms with van der Waals surface area (Å²) in [5, 5.41) is 7.81. The Labute approximate surface area is 116 Å². The van der Waals surface area contributed by atoms with Crippen LogP contribution in [0.4, 0.5) is 16.2 Å². The molecule has 0 saturated carbocycles. The maximum atomic E-state index is 11.9. The van der Waals surface area contributed by atoms with Crippen molar-refractivity contribution in [2.45, 2.75) is 0 Å². The molecule has 1 heterocycles. The molecule has 2 aromatic rings. The van der Waals surface area contributed by atoms with Gasteiger partial charge in [-0.15, -0.1) is 0 Å². The maximum Gasteiger partial charge on any atom is 0.318 e. The van der Waals surface area contributed by atoms with Crippen LogP contribution in [0.1, 0.15) is 10.5 Å². The van der Waals surface area contributed by atoms with Crippen LogP contribution < -0.4 is 16.0 Å². The Balaban J connectivity index is 2.00. The number of carbonyl (C=O) groups excluding carboxylic acids is 2. The van der Waals surface area contributed by atoms with Gasteiger partial charge in [-0.1, -0.05) is 6.07 Å². The molecule has 6 heteroatoms. The highest BCUT2D eigenvalue weighted by atomic mass is 16.2. The molecule has 0 aliphatic carbocycles. The highest BCUT2D eigenvalue weighted by molar-refractivity contribution is 6.03. The van der Waals surface area contributed by atoms with Gasteiger partial charge in [-0.05, 0) is 36.4 Å². The zero-order valence-corrected chi connectivity index (χ0v) is 10.9. The van der Waals surface area contributed by atoms with Gasteiger partial charge in [0.1, 0.15) is 5.69 Å². The molecule has 0 spiro atoms. The molecule has 1 aromatic heterocycles. The van der Waals surface area contributed by atoms with Crippen molar-refractivity contribution in [1.29, 1.82) is 0 Å². The molecule has 0 aliphatic rings.